The van der Waals surface area contributed by atoms with Gasteiger partial charge < -0.3 is 9.80 Å². The number of aromatic amines is 2. The minimum absolute atomic E-state index is 0.0348. The molecule has 3 aromatic rings. The van der Waals surface area contributed by atoms with Gasteiger partial charge in [-0.2, -0.15) is 10.2 Å². The first-order valence-electron chi connectivity index (χ1n) is 11.4. The van der Waals surface area contributed by atoms with E-state index in [-0.39, 0.29) is 23.3 Å². The van der Waals surface area contributed by atoms with E-state index in [1.54, 1.807) is 6.20 Å². The van der Waals surface area contributed by atoms with Gasteiger partial charge in [-0.05, 0) is 49.3 Å². The fourth-order valence-corrected chi connectivity index (χ4v) is 4.93. The number of benzene rings is 1. The lowest BCUT2D eigenvalue weighted by molar-refractivity contribution is -0.136. The topological polar surface area (TPSA) is 98.0 Å². The van der Waals surface area contributed by atoms with E-state index in [1.165, 1.54) is 12.8 Å². The second-order valence-electron chi connectivity index (χ2n) is 9.91. The summed E-state index contributed by atoms with van der Waals surface area (Å²) in [6.45, 7) is 7.87. The van der Waals surface area contributed by atoms with Crippen LogP contribution in [0.4, 0.5) is 0 Å². The van der Waals surface area contributed by atoms with Crippen molar-refractivity contribution in [2.24, 2.45) is 11.3 Å². The molecule has 1 aliphatic heterocycles. The van der Waals surface area contributed by atoms with E-state index in [0.717, 1.165) is 22.2 Å². The summed E-state index contributed by atoms with van der Waals surface area (Å²) in [6.07, 6.45) is 6.56. The monoisotopic (exact) mass is 434 g/mol. The summed E-state index contributed by atoms with van der Waals surface area (Å²) in [5.41, 5.74) is 3.37. The van der Waals surface area contributed by atoms with Crippen LogP contribution in [0, 0.1) is 18.3 Å². The maximum absolute atomic E-state index is 13.5. The number of nitrogens with one attached hydrogen (secondary N) is 2. The number of piperazine rings is 1. The molecule has 2 amide bonds. The number of fused-ring (bicyclic) bond motifs is 1. The molecule has 32 heavy (non-hydrogen) atoms. The fraction of sp³-hybridized carbons (Fsp3) is 0.500. The van der Waals surface area contributed by atoms with Crippen molar-refractivity contribution in [3.8, 4) is 0 Å². The van der Waals surface area contributed by atoms with Gasteiger partial charge in [-0.1, -0.05) is 13.8 Å². The number of hydrogen-bond donors (Lipinski definition) is 2. The van der Waals surface area contributed by atoms with E-state index < -0.39 is 0 Å². The standard InChI is InChI=1S/C24H30N6O2/c1-15-19-10-16(4-7-20(19)28-27-15)23(32)30-9-8-29(14-21(30)17-12-25-26-13-17)22(31)11-24(2,3)18-5-6-18/h4,7,10,12-13,18,21H,5-6,8-9,11,14H2,1-3H3,(H,25,26)(H,27,28). The van der Waals surface area contributed by atoms with E-state index in [4.69, 9.17) is 0 Å². The van der Waals surface area contributed by atoms with Crippen LogP contribution in [0.1, 0.15) is 60.8 Å². The Balaban J connectivity index is 1.38. The Kier molecular flexibility index (Phi) is 5.03. The Hall–Kier alpha value is -3.16. The predicted octanol–water partition coefficient (Wildman–Crippen LogP) is 3.45. The highest BCUT2D eigenvalue weighted by atomic mass is 16.2. The summed E-state index contributed by atoms with van der Waals surface area (Å²) in [5, 5.41) is 15.1. The maximum Gasteiger partial charge on any atom is 0.254 e. The SMILES string of the molecule is Cc1[nH]nc2ccc(C(=O)N3CCN(C(=O)CC(C)(C)C4CC4)CC3c3cn[nH]c3)cc12. The van der Waals surface area contributed by atoms with E-state index >= 15 is 0 Å². The number of aromatic nitrogens is 4. The summed E-state index contributed by atoms with van der Waals surface area (Å²) in [6, 6.07) is 5.37. The number of rotatable bonds is 5. The highest BCUT2D eigenvalue weighted by Crippen LogP contribution is 2.47. The fourth-order valence-electron chi connectivity index (χ4n) is 4.93. The van der Waals surface area contributed by atoms with Crippen LogP contribution in [0.25, 0.3) is 10.9 Å². The predicted molar refractivity (Wildman–Crippen MR) is 121 cm³/mol. The number of carbonyl (C=O) groups excluding carboxylic acids is 2. The number of hydrogen-bond acceptors (Lipinski definition) is 4. The summed E-state index contributed by atoms with van der Waals surface area (Å²) >= 11 is 0. The molecule has 168 valence electrons. The molecule has 1 aromatic carbocycles. The molecule has 2 aromatic heterocycles. The number of amides is 2. The van der Waals surface area contributed by atoms with Crippen molar-refractivity contribution in [3.05, 3.63) is 47.4 Å². The highest BCUT2D eigenvalue weighted by molar-refractivity contribution is 5.98. The van der Waals surface area contributed by atoms with Gasteiger partial charge in [0, 0.05) is 54.5 Å². The van der Waals surface area contributed by atoms with Crippen molar-refractivity contribution >= 4 is 22.7 Å². The minimum atomic E-state index is -0.232. The van der Waals surface area contributed by atoms with Crippen LogP contribution < -0.4 is 0 Å². The van der Waals surface area contributed by atoms with Gasteiger partial charge in [-0.25, -0.2) is 0 Å². The second-order valence-corrected chi connectivity index (χ2v) is 9.91. The van der Waals surface area contributed by atoms with Crippen molar-refractivity contribution in [2.75, 3.05) is 19.6 Å². The van der Waals surface area contributed by atoms with Gasteiger partial charge in [0.1, 0.15) is 0 Å². The van der Waals surface area contributed by atoms with Crippen LogP contribution >= 0.6 is 0 Å². The molecule has 1 saturated carbocycles. The molecule has 1 unspecified atom stereocenters. The quantitative estimate of drug-likeness (QED) is 0.643. The first-order valence-corrected chi connectivity index (χ1v) is 11.4. The van der Waals surface area contributed by atoms with Gasteiger partial charge in [0.25, 0.3) is 5.91 Å². The first kappa shape index (κ1) is 20.7. The molecular weight excluding hydrogens is 404 g/mol. The van der Waals surface area contributed by atoms with Gasteiger partial charge in [0.2, 0.25) is 5.91 Å². The van der Waals surface area contributed by atoms with Crippen molar-refractivity contribution in [2.45, 2.75) is 46.1 Å². The smallest absolute Gasteiger partial charge is 0.254 e. The molecule has 0 radical (unpaired) electrons. The van der Waals surface area contributed by atoms with Crippen LogP contribution in [-0.4, -0.2) is 61.6 Å². The third-order valence-corrected chi connectivity index (χ3v) is 7.18. The molecule has 1 atom stereocenters. The van der Waals surface area contributed by atoms with Gasteiger partial charge in [-0.15, -0.1) is 0 Å². The Bertz CT molecular complexity index is 1140. The van der Waals surface area contributed by atoms with Crippen molar-refractivity contribution < 1.29 is 9.59 Å². The lowest BCUT2D eigenvalue weighted by Crippen LogP contribution is -2.52. The van der Waals surface area contributed by atoms with Crippen molar-refractivity contribution in [1.82, 2.24) is 30.2 Å². The van der Waals surface area contributed by atoms with E-state index in [9.17, 15) is 9.59 Å². The molecule has 3 heterocycles. The van der Waals surface area contributed by atoms with E-state index in [1.807, 2.05) is 41.1 Å². The lowest BCUT2D eigenvalue weighted by Gasteiger charge is -2.42. The summed E-state index contributed by atoms with van der Waals surface area (Å²) in [7, 11) is 0. The Morgan fingerprint density at radius 2 is 2.03 bits per heavy atom. The molecule has 0 bridgehead atoms. The first-order chi connectivity index (χ1) is 15.3. The normalized spacial score (nSPS) is 19.5. The number of carbonyl (C=O) groups is 2. The molecule has 2 N–H and O–H groups in total. The van der Waals surface area contributed by atoms with E-state index in [0.29, 0.717) is 37.5 Å². The van der Waals surface area contributed by atoms with Crippen LogP contribution in [0.3, 0.4) is 0 Å². The van der Waals surface area contributed by atoms with Crippen LogP contribution in [0.15, 0.2) is 30.6 Å². The molecule has 1 aliphatic carbocycles. The van der Waals surface area contributed by atoms with Crippen molar-refractivity contribution in [1.29, 1.82) is 0 Å². The lowest BCUT2D eigenvalue weighted by atomic mass is 9.83. The number of H-pyrrole nitrogens is 2. The van der Waals surface area contributed by atoms with Gasteiger partial charge in [0.15, 0.2) is 0 Å². The molecule has 5 rings (SSSR count). The third-order valence-electron chi connectivity index (χ3n) is 7.18. The summed E-state index contributed by atoms with van der Waals surface area (Å²) in [4.78, 5) is 30.5. The van der Waals surface area contributed by atoms with Crippen LogP contribution in [0.2, 0.25) is 0 Å². The maximum atomic E-state index is 13.5. The summed E-state index contributed by atoms with van der Waals surface area (Å²) < 4.78 is 0. The number of aryl methyl sites for hydroxylation is 1. The van der Waals surface area contributed by atoms with Crippen LogP contribution in [0.5, 0.6) is 0 Å². The Morgan fingerprint density at radius 1 is 1.22 bits per heavy atom. The molecule has 2 aliphatic rings. The average molecular weight is 435 g/mol. The largest absolute Gasteiger partial charge is 0.338 e. The zero-order chi connectivity index (χ0) is 22.5. The average Bonchev–Trinajstić information content (AvgIpc) is 3.40. The zero-order valence-corrected chi connectivity index (χ0v) is 18.9. The minimum Gasteiger partial charge on any atom is -0.338 e. The molecular formula is C24H30N6O2. The molecule has 1 saturated heterocycles. The third kappa shape index (κ3) is 3.78. The molecule has 8 heteroatoms. The highest BCUT2D eigenvalue weighted by Gasteiger charge is 2.41. The molecule has 8 nitrogen and oxygen atoms in total. The molecule has 0 spiro atoms. The molecule has 2 fully saturated rings. The summed E-state index contributed by atoms with van der Waals surface area (Å²) in [5.74, 6) is 0.794. The van der Waals surface area contributed by atoms with Crippen LogP contribution in [-0.2, 0) is 4.79 Å². The second kappa shape index (κ2) is 7.76. The number of nitrogens with zero attached hydrogens (tertiary/aromatic N) is 4. The van der Waals surface area contributed by atoms with Crippen molar-refractivity contribution in [3.63, 3.8) is 0 Å². The van der Waals surface area contributed by atoms with Gasteiger partial charge >= 0.3 is 0 Å². The Labute approximate surface area is 187 Å². The van der Waals surface area contributed by atoms with Gasteiger partial charge in [0.05, 0.1) is 17.8 Å². The zero-order valence-electron chi connectivity index (χ0n) is 18.9. The van der Waals surface area contributed by atoms with E-state index in [2.05, 4.69) is 34.2 Å². The Morgan fingerprint density at radius 3 is 2.75 bits per heavy atom. The van der Waals surface area contributed by atoms with Gasteiger partial charge in [-0.3, -0.25) is 19.8 Å².